The molecule has 0 saturated carbocycles. The van der Waals surface area contributed by atoms with Gasteiger partial charge in [0.15, 0.2) is 0 Å². The van der Waals surface area contributed by atoms with Crippen LogP contribution in [0.5, 0.6) is 0 Å². The van der Waals surface area contributed by atoms with Crippen molar-refractivity contribution < 1.29 is 4.79 Å². The average molecular weight is 271 g/mol. The molecule has 1 aromatic carbocycles. The fourth-order valence-electron chi connectivity index (χ4n) is 2.58. The van der Waals surface area contributed by atoms with Crippen LogP contribution in [0.25, 0.3) is 0 Å². The minimum Gasteiger partial charge on any atom is -0.324 e. The van der Waals surface area contributed by atoms with Gasteiger partial charge in [-0.15, -0.1) is 0 Å². The molecule has 4 nitrogen and oxygen atoms in total. The number of rotatable bonds is 3. The second-order valence-electron chi connectivity index (χ2n) is 5.27. The SMILES string of the molecule is CC(C(=O)Nc1ccccc1C#N)N1CCCCCC1. The van der Waals surface area contributed by atoms with Gasteiger partial charge in [0.05, 0.1) is 17.3 Å². The molecule has 1 saturated heterocycles. The minimum absolute atomic E-state index is 0.0328. The van der Waals surface area contributed by atoms with Gasteiger partial charge < -0.3 is 5.32 Å². The lowest BCUT2D eigenvalue weighted by Crippen LogP contribution is -2.42. The van der Waals surface area contributed by atoms with Gasteiger partial charge in [0, 0.05) is 0 Å². The van der Waals surface area contributed by atoms with Crippen LogP contribution in [0, 0.1) is 11.3 Å². The van der Waals surface area contributed by atoms with Crippen LogP contribution in [0.3, 0.4) is 0 Å². The molecule has 4 heteroatoms. The van der Waals surface area contributed by atoms with Gasteiger partial charge in [-0.05, 0) is 45.0 Å². The Morgan fingerprint density at radius 2 is 1.90 bits per heavy atom. The van der Waals surface area contributed by atoms with E-state index in [9.17, 15) is 4.79 Å². The highest BCUT2D eigenvalue weighted by atomic mass is 16.2. The first kappa shape index (κ1) is 14.5. The quantitative estimate of drug-likeness (QED) is 0.919. The molecule has 0 bridgehead atoms. The van der Waals surface area contributed by atoms with E-state index in [4.69, 9.17) is 5.26 Å². The zero-order valence-corrected chi connectivity index (χ0v) is 11.9. The molecule has 1 unspecified atom stereocenters. The molecule has 1 aliphatic heterocycles. The van der Waals surface area contributed by atoms with Crippen molar-refractivity contribution in [3.63, 3.8) is 0 Å². The van der Waals surface area contributed by atoms with Gasteiger partial charge in [0.2, 0.25) is 5.91 Å². The molecule has 1 aromatic rings. The van der Waals surface area contributed by atoms with Crippen molar-refractivity contribution in [1.82, 2.24) is 4.90 Å². The maximum atomic E-state index is 12.3. The Morgan fingerprint density at radius 3 is 2.55 bits per heavy atom. The number of amides is 1. The Balaban J connectivity index is 2.02. The van der Waals surface area contributed by atoms with Crippen LogP contribution < -0.4 is 5.32 Å². The molecule has 1 fully saturated rings. The number of hydrogen-bond donors (Lipinski definition) is 1. The van der Waals surface area contributed by atoms with Gasteiger partial charge in [-0.1, -0.05) is 25.0 Å². The summed E-state index contributed by atoms with van der Waals surface area (Å²) in [7, 11) is 0. The summed E-state index contributed by atoms with van der Waals surface area (Å²) in [6.45, 7) is 3.90. The van der Waals surface area contributed by atoms with Crippen molar-refractivity contribution in [2.75, 3.05) is 18.4 Å². The second-order valence-corrected chi connectivity index (χ2v) is 5.27. The Hall–Kier alpha value is -1.86. The van der Waals surface area contributed by atoms with Crippen molar-refractivity contribution in [1.29, 1.82) is 5.26 Å². The van der Waals surface area contributed by atoms with E-state index in [1.54, 1.807) is 18.2 Å². The molecule has 0 aromatic heterocycles. The third kappa shape index (κ3) is 3.58. The zero-order valence-electron chi connectivity index (χ0n) is 11.9. The first-order chi connectivity index (χ1) is 9.72. The van der Waals surface area contributed by atoms with Gasteiger partial charge >= 0.3 is 0 Å². The number of carbonyl (C=O) groups excluding carboxylic acids is 1. The number of benzene rings is 1. The van der Waals surface area contributed by atoms with E-state index in [2.05, 4.69) is 16.3 Å². The third-order valence-corrected chi connectivity index (χ3v) is 3.87. The number of nitrogens with zero attached hydrogens (tertiary/aromatic N) is 2. The van der Waals surface area contributed by atoms with Crippen molar-refractivity contribution in [3.05, 3.63) is 29.8 Å². The largest absolute Gasteiger partial charge is 0.324 e. The Kier molecular flexibility index (Phi) is 5.14. The molecule has 1 amide bonds. The minimum atomic E-state index is -0.153. The highest BCUT2D eigenvalue weighted by Gasteiger charge is 2.22. The maximum absolute atomic E-state index is 12.3. The van der Waals surface area contributed by atoms with Crippen LogP contribution in [0.1, 0.15) is 38.2 Å². The summed E-state index contributed by atoms with van der Waals surface area (Å²) in [6, 6.07) is 9.06. The Labute approximate surface area is 120 Å². The first-order valence-electron chi connectivity index (χ1n) is 7.26. The summed E-state index contributed by atoms with van der Waals surface area (Å²) in [5.74, 6) is -0.0328. The third-order valence-electron chi connectivity index (χ3n) is 3.87. The topological polar surface area (TPSA) is 56.1 Å². The number of likely N-dealkylation sites (tertiary alicyclic amines) is 1. The van der Waals surface area contributed by atoms with E-state index in [1.165, 1.54) is 12.8 Å². The van der Waals surface area contributed by atoms with E-state index >= 15 is 0 Å². The van der Waals surface area contributed by atoms with Crippen LogP contribution in [-0.4, -0.2) is 29.9 Å². The number of para-hydroxylation sites is 1. The molecule has 0 radical (unpaired) electrons. The number of hydrogen-bond acceptors (Lipinski definition) is 3. The lowest BCUT2D eigenvalue weighted by molar-refractivity contribution is -0.120. The van der Waals surface area contributed by atoms with Gasteiger partial charge in [0.1, 0.15) is 6.07 Å². The van der Waals surface area contributed by atoms with E-state index in [0.717, 1.165) is 25.9 Å². The van der Waals surface area contributed by atoms with Gasteiger partial charge in [-0.2, -0.15) is 5.26 Å². The number of anilines is 1. The molecule has 1 atom stereocenters. The highest BCUT2D eigenvalue weighted by molar-refractivity contribution is 5.95. The predicted octanol–water partition coefficient (Wildman–Crippen LogP) is 2.76. The lowest BCUT2D eigenvalue weighted by Gasteiger charge is -2.26. The van der Waals surface area contributed by atoms with E-state index in [0.29, 0.717) is 11.3 Å². The van der Waals surface area contributed by atoms with Crippen molar-refractivity contribution >= 4 is 11.6 Å². The Bertz CT molecular complexity index is 499. The summed E-state index contributed by atoms with van der Waals surface area (Å²) in [5.41, 5.74) is 1.10. The van der Waals surface area contributed by atoms with Gasteiger partial charge in [-0.3, -0.25) is 9.69 Å². The number of nitriles is 1. The smallest absolute Gasteiger partial charge is 0.241 e. The number of carbonyl (C=O) groups is 1. The molecular weight excluding hydrogens is 250 g/mol. The number of nitrogens with one attached hydrogen (secondary N) is 1. The van der Waals surface area contributed by atoms with Crippen LogP contribution in [0.4, 0.5) is 5.69 Å². The highest BCUT2D eigenvalue weighted by Crippen LogP contribution is 2.16. The van der Waals surface area contributed by atoms with E-state index in [-0.39, 0.29) is 11.9 Å². The first-order valence-corrected chi connectivity index (χ1v) is 7.26. The molecule has 106 valence electrons. The summed E-state index contributed by atoms with van der Waals surface area (Å²) in [6.07, 6.45) is 4.82. The summed E-state index contributed by atoms with van der Waals surface area (Å²) in [4.78, 5) is 14.6. The molecule has 0 spiro atoms. The van der Waals surface area contributed by atoms with Crippen LogP contribution in [0.15, 0.2) is 24.3 Å². The van der Waals surface area contributed by atoms with Crippen LogP contribution in [0.2, 0.25) is 0 Å². The standard InChI is InChI=1S/C16H21N3O/c1-13(19-10-6-2-3-7-11-19)16(20)18-15-9-5-4-8-14(15)12-17/h4-5,8-9,13H,2-3,6-7,10-11H2,1H3,(H,18,20). The maximum Gasteiger partial charge on any atom is 0.241 e. The summed E-state index contributed by atoms with van der Waals surface area (Å²) < 4.78 is 0. The van der Waals surface area contributed by atoms with Crippen LogP contribution in [-0.2, 0) is 4.79 Å². The summed E-state index contributed by atoms with van der Waals surface area (Å²) >= 11 is 0. The molecular formula is C16H21N3O. The fraction of sp³-hybridized carbons (Fsp3) is 0.500. The van der Waals surface area contributed by atoms with Crippen molar-refractivity contribution in [3.8, 4) is 6.07 Å². The molecule has 20 heavy (non-hydrogen) atoms. The lowest BCUT2D eigenvalue weighted by atomic mass is 10.1. The van der Waals surface area contributed by atoms with E-state index in [1.807, 2.05) is 13.0 Å². The molecule has 1 heterocycles. The van der Waals surface area contributed by atoms with Crippen molar-refractivity contribution in [2.45, 2.75) is 38.6 Å². The molecule has 1 aliphatic rings. The molecule has 2 rings (SSSR count). The van der Waals surface area contributed by atoms with Crippen LogP contribution >= 0.6 is 0 Å². The Morgan fingerprint density at radius 1 is 1.25 bits per heavy atom. The average Bonchev–Trinajstić information content (AvgIpc) is 2.76. The normalized spacial score (nSPS) is 17.8. The van der Waals surface area contributed by atoms with Gasteiger partial charge in [0.25, 0.3) is 0 Å². The molecule has 0 aliphatic carbocycles. The fourth-order valence-corrected chi connectivity index (χ4v) is 2.58. The van der Waals surface area contributed by atoms with E-state index < -0.39 is 0 Å². The molecule has 1 N–H and O–H groups in total. The van der Waals surface area contributed by atoms with Crippen molar-refractivity contribution in [2.24, 2.45) is 0 Å². The van der Waals surface area contributed by atoms with Gasteiger partial charge in [-0.25, -0.2) is 0 Å². The monoisotopic (exact) mass is 271 g/mol. The predicted molar refractivity (Wildman–Crippen MR) is 79.3 cm³/mol. The summed E-state index contributed by atoms with van der Waals surface area (Å²) in [5, 5.41) is 11.9. The second kappa shape index (κ2) is 7.06. The zero-order chi connectivity index (χ0) is 14.4.